The summed E-state index contributed by atoms with van der Waals surface area (Å²) in [6.45, 7) is 4.90. The number of halogens is 3. The smallest absolute Gasteiger partial charge is 0.314 e. The minimum atomic E-state index is -4.25. The number of hydrogen-bond acceptors (Lipinski definition) is 1. The van der Waals surface area contributed by atoms with Crippen LogP contribution in [0.15, 0.2) is 24.3 Å². The Hall–Kier alpha value is -1.03. The van der Waals surface area contributed by atoms with E-state index in [0.29, 0.717) is 11.6 Å². The summed E-state index contributed by atoms with van der Waals surface area (Å²) in [6, 6.07) is 6.30. The monoisotopic (exact) mass is 257 g/mol. The van der Waals surface area contributed by atoms with Gasteiger partial charge < -0.3 is 5.32 Å². The summed E-state index contributed by atoms with van der Waals surface area (Å²) in [4.78, 5) is 0. The molecule has 0 saturated heterocycles. The lowest BCUT2D eigenvalue weighted by atomic mass is 9.66. The van der Waals surface area contributed by atoms with Crippen LogP contribution in [0.5, 0.6) is 0 Å². The van der Waals surface area contributed by atoms with E-state index in [1.165, 1.54) is 12.1 Å². The van der Waals surface area contributed by atoms with Crippen LogP contribution in [-0.4, -0.2) is 12.6 Å². The third-order valence-electron chi connectivity index (χ3n) is 3.91. The maximum absolute atomic E-state index is 12.9. The van der Waals surface area contributed by atoms with Crippen molar-refractivity contribution in [2.24, 2.45) is 5.92 Å². The largest absolute Gasteiger partial charge is 0.416 e. The SMILES string of the molecule is CCNC1CC(c2ccccc2C(F)(F)F)C1C. The first-order valence-electron chi connectivity index (χ1n) is 6.34. The Morgan fingerprint density at radius 1 is 1.28 bits per heavy atom. The summed E-state index contributed by atoms with van der Waals surface area (Å²) >= 11 is 0. The molecule has 1 aromatic rings. The highest BCUT2D eigenvalue weighted by molar-refractivity contribution is 5.35. The van der Waals surface area contributed by atoms with Crippen molar-refractivity contribution in [2.75, 3.05) is 6.54 Å². The second-order valence-electron chi connectivity index (χ2n) is 4.95. The first kappa shape index (κ1) is 13.4. The quantitative estimate of drug-likeness (QED) is 0.868. The molecule has 1 nitrogen and oxygen atoms in total. The molecule has 0 aromatic heterocycles. The molecule has 0 amide bonds. The van der Waals surface area contributed by atoms with Crippen LogP contribution < -0.4 is 5.32 Å². The highest BCUT2D eigenvalue weighted by Gasteiger charge is 2.42. The number of alkyl halides is 3. The van der Waals surface area contributed by atoms with Crippen molar-refractivity contribution in [2.45, 2.75) is 38.4 Å². The Kier molecular flexibility index (Phi) is 3.66. The van der Waals surface area contributed by atoms with E-state index >= 15 is 0 Å². The number of benzene rings is 1. The minimum absolute atomic E-state index is 0.0203. The molecule has 0 spiro atoms. The Labute approximate surface area is 105 Å². The van der Waals surface area contributed by atoms with Gasteiger partial charge in [0.1, 0.15) is 0 Å². The molecule has 4 heteroatoms. The average Bonchev–Trinajstić information content (AvgIpc) is 2.32. The van der Waals surface area contributed by atoms with Crippen LogP contribution in [0, 0.1) is 5.92 Å². The molecule has 2 rings (SSSR count). The second kappa shape index (κ2) is 4.92. The van der Waals surface area contributed by atoms with E-state index in [-0.39, 0.29) is 11.8 Å². The zero-order valence-corrected chi connectivity index (χ0v) is 10.6. The second-order valence-corrected chi connectivity index (χ2v) is 4.95. The van der Waals surface area contributed by atoms with E-state index in [9.17, 15) is 13.2 Å². The molecule has 0 heterocycles. The molecule has 1 aromatic carbocycles. The molecule has 3 atom stereocenters. The first-order chi connectivity index (χ1) is 8.45. The molecule has 1 aliphatic carbocycles. The summed E-state index contributed by atoms with van der Waals surface area (Å²) in [6.07, 6.45) is -3.46. The fraction of sp³-hybridized carbons (Fsp3) is 0.571. The van der Waals surface area contributed by atoms with E-state index in [2.05, 4.69) is 5.32 Å². The van der Waals surface area contributed by atoms with Crippen LogP contribution in [0.2, 0.25) is 0 Å². The Morgan fingerprint density at radius 2 is 1.94 bits per heavy atom. The molecule has 100 valence electrons. The third-order valence-corrected chi connectivity index (χ3v) is 3.91. The lowest BCUT2D eigenvalue weighted by Gasteiger charge is -2.44. The van der Waals surface area contributed by atoms with Crippen molar-refractivity contribution in [3.05, 3.63) is 35.4 Å². The van der Waals surface area contributed by atoms with Gasteiger partial charge in [-0.15, -0.1) is 0 Å². The molecule has 0 radical (unpaired) electrons. The van der Waals surface area contributed by atoms with E-state index in [4.69, 9.17) is 0 Å². The van der Waals surface area contributed by atoms with Crippen molar-refractivity contribution in [3.63, 3.8) is 0 Å². The van der Waals surface area contributed by atoms with Gasteiger partial charge in [-0.2, -0.15) is 13.2 Å². The molecule has 0 aliphatic heterocycles. The molecule has 0 bridgehead atoms. The minimum Gasteiger partial charge on any atom is -0.314 e. The van der Waals surface area contributed by atoms with Crippen LogP contribution in [-0.2, 0) is 6.18 Å². The molecule has 1 fully saturated rings. The predicted octanol–water partition coefficient (Wildman–Crippen LogP) is 3.81. The van der Waals surface area contributed by atoms with Gasteiger partial charge >= 0.3 is 6.18 Å². The lowest BCUT2D eigenvalue weighted by Crippen LogP contribution is -2.48. The summed E-state index contributed by atoms with van der Waals surface area (Å²) in [5.41, 5.74) is -0.0246. The normalized spacial score (nSPS) is 27.9. The van der Waals surface area contributed by atoms with Gasteiger partial charge in [-0.05, 0) is 36.4 Å². The fourth-order valence-corrected chi connectivity index (χ4v) is 2.81. The number of nitrogens with one attached hydrogen (secondary N) is 1. The summed E-state index contributed by atoms with van der Waals surface area (Å²) in [7, 11) is 0. The predicted molar refractivity (Wildman–Crippen MR) is 65.4 cm³/mol. The van der Waals surface area contributed by atoms with Crippen molar-refractivity contribution in [1.29, 1.82) is 0 Å². The van der Waals surface area contributed by atoms with Gasteiger partial charge in [0.05, 0.1) is 5.56 Å². The van der Waals surface area contributed by atoms with Crippen LogP contribution in [0.4, 0.5) is 13.2 Å². The zero-order chi connectivity index (χ0) is 13.3. The van der Waals surface area contributed by atoms with Gasteiger partial charge in [0.25, 0.3) is 0 Å². The number of rotatable bonds is 3. The van der Waals surface area contributed by atoms with Crippen molar-refractivity contribution in [1.82, 2.24) is 5.32 Å². The van der Waals surface area contributed by atoms with Gasteiger partial charge in [-0.1, -0.05) is 32.0 Å². The van der Waals surface area contributed by atoms with Crippen LogP contribution >= 0.6 is 0 Å². The van der Waals surface area contributed by atoms with Crippen molar-refractivity contribution in [3.8, 4) is 0 Å². The molecule has 18 heavy (non-hydrogen) atoms. The Balaban J connectivity index is 2.21. The molecule has 1 N–H and O–H groups in total. The van der Waals surface area contributed by atoms with E-state index in [0.717, 1.165) is 13.0 Å². The standard InChI is InChI=1S/C14H18F3N/c1-3-18-13-8-11(9(13)2)10-6-4-5-7-12(10)14(15,16)17/h4-7,9,11,13,18H,3,8H2,1-2H3. The summed E-state index contributed by atoms with van der Waals surface area (Å²) in [5, 5.41) is 3.31. The van der Waals surface area contributed by atoms with Crippen LogP contribution in [0.25, 0.3) is 0 Å². The van der Waals surface area contributed by atoms with Gasteiger partial charge in [-0.3, -0.25) is 0 Å². The molecular formula is C14H18F3N. The van der Waals surface area contributed by atoms with Gasteiger partial charge in [0.2, 0.25) is 0 Å². The molecular weight excluding hydrogens is 239 g/mol. The Bertz CT molecular complexity index is 414. The molecule has 3 unspecified atom stereocenters. The highest BCUT2D eigenvalue weighted by Crippen LogP contribution is 2.46. The first-order valence-corrected chi connectivity index (χ1v) is 6.34. The van der Waals surface area contributed by atoms with Gasteiger partial charge in [0, 0.05) is 6.04 Å². The van der Waals surface area contributed by atoms with Crippen molar-refractivity contribution >= 4 is 0 Å². The third kappa shape index (κ3) is 2.39. The van der Waals surface area contributed by atoms with Gasteiger partial charge in [-0.25, -0.2) is 0 Å². The highest BCUT2D eigenvalue weighted by atomic mass is 19.4. The van der Waals surface area contributed by atoms with E-state index in [1.807, 2.05) is 13.8 Å². The maximum atomic E-state index is 12.9. The van der Waals surface area contributed by atoms with Crippen molar-refractivity contribution < 1.29 is 13.2 Å². The van der Waals surface area contributed by atoms with E-state index < -0.39 is 11.7 Å². The Morgan fingerprint density at radius 3 is 2.50 bits per heavy atom. The fourth-order valence-electron chi connectivity index (χ4n) is 2.81. The average molecular weight is 257 g/mol. The van der Waals surface area contributed by atoms with Crippen LogP contribution in [0.3, 0.4) is 0 Å². The topological polar surface area (TPSA) is 12.0 Å². The summed E-state index contributed by atoms with van der Waals surface area (Å²) in [5.74, 6) is 0.278. The molecule has 1 aliphatic rings. The maximum Gasteiger partial charge on any atom is 0.416 e. The van der Waals surface area contributed by atoms with Crippen LogP contribution in [0.1, 0.15) is 37.3 Å². The van der Waals surface area contributed by atoms with E-state index in [1.54, 1.807) is 12.1 Å². The number of hydrogen-bond donors (Lipinski definition) is 1. The molecule has 1 saturated carbocycles. The zero-order valence-electron chi connectivity index (χ0n) is 10.6. The summed E-state index contributed by atoms with van der Waals surface area (Å²) < 4.78 is 38.8. The lowest BCUT2D eigenvalue weighted by molar-refractivity contribution is -0.138. The van der Waals surface area contributed by atoms with Gasteiger partial charge in [0.15, 0.2) is 0 Å².